The van der Waals surface area contributed by atoms with E-state index in [2.05, 4.69) is 15.6 Å². The minimum absolute atomic E-state index is 0.0410. The molecule has 1 aromatic heterocycles. The van der Waals surface area contributed by atoms with Crippen LogP contribution < -0.4 is 10.6 Å². The van der Waals surface area contributed by atoms with Gasteiger partial charge in [-0.15, -0.1) is 0 Å². The van der Waals surface area contributed by atoms with Crippen LogP contribution in [0.4, 0.5) is 17.3 Å². The summed E-state index contributed by atoms with van der Waals surface area (Å²) in [6.45, 7) is 8.05. The molecule has 0 spiro atoms. The summed E-state index contributed by atoms with van der Waals surface area (Å²) in [5, 5.41) is 16.0. The van der Waals surface area contributed by atoms with Gasteiger partial charge in [-0.05, 0) is 51.5 Å². The number of carbonyl (C=O) groups excluding carboxylic acids is 2. The summed E-state index contributed by atoms with van der Waals surface area (Å²) in [7, 11) is 2.81. The van der Waals surface area contributed by atoms with E-state index in [0.717, 1.165) is 5.56 Å². The molecule has 0 aliphatic carbocycles. The number of carbonyl (C=O) groups is 2. The number of methoxy groups -OCH3 is 2. The molecule has 1 aromatic carbocycles. The van der Waals surface area contributed by atoms with Crippen LogP contribution in [0.3, 0.4) is 0 Å². The molecule has 9 nitrogen and oxygen atoms in total. The Balaban J connectivity index is 2.31. The molecule has 2 N–H and O–H groups in total. The van der Waals surface area contributed by atoms with Crippen LogP contribution in [-0.2, 0) is 19.0 Å². The number of pyridine rings is 1. The number of aromatic nitrogens is 1. The first-order valence-electron chi connectivity index (χ1n) is 10.9. The maximum atomic E-state index is 12.4. The van der Waals surface area contributed by atoms with Gasteiger partial charge in [-0.3, -0.25) is 4.79 Å². The van der Waals surface area contributed by atoms with Gasteiger partial charge in [-0.1, -0.05) is 12.1 Å². The zero-order valence-electron chi connectivity index (χ0n) is 20.5. The van der Waals surface area contributed by atoms with E-state index >= 15 is 0 Å². The molecule has 0 bridgehead atoms. The Kier molecular flexibility index (Phi) is 9.39. The van der Waals surface area contributed by atoms with Crippen LogP contribution in [0.15, 0.2) is 30.3 Å². The molecule has 2 aromatic rings. The number of ether oxygens (including phenoxy) is 3. The summed E-state index contributed by atoms with van der Waals surface area (Å²) in [5.74, 6) is -0.641. The molecule has 0 unspecified atom stereocenters. The summed E-state index contributed by atoms with van der Waals surface area (Å²) in [5.41, 5.74) is 1.30. The van der Waals surface area contributed by atoms with Gasteiger partial charge in [0.25, 0.3) is 0 Å². The van der Waals surface area contributed by atoms with E-state index in [1.54, 1.807) is 7.11 Å². The summed E-state index contributed by atoms with van der Waals surface area (Å²) in [6, 6.07) is 11.1. The number of hydrogen-bond acceptors (Lipinski definition) is 9. The predicted molar refractivity (Wildman–Crippen MR) is 129 cm³/mol. The second-order valence-electron chi connectivity index (χ2n) is 8.87. The van der Waals surface area contributed by atoms with Gasteiger partial charge in [0.15, 0.2) is 0 Å². The van der Waals surface area contributed by atoms with Crippen molar-refractivity contribution in [1.29, 1.82) is 5.26 Å². The maximum Gasteiger partial charge on any atom is 0.343 e. The lowest BCUT2D eigenvalue weighted by molar-refractivity contribution is -0.156. The highest BCUT2D eigenvalue weighted by atomic mass is 16.6. The van der Waals surface area contributed by atoms with E-state index in [9.17, 15) is 14.9 Å². The highest BCUT2D eigenvalue weighted by Gasteiger charge is 2.23. The fraction of sp³-hybridized carbons (Fsp3) is 0.440. The van der Waals surface area contributed by atoms with Crippen LogP contribution in [0, 0.1) is 24.2 Å². The van der Waals surface area contributed by atoms with Crippen molar-refractivity contribution < 1.29 is 23.8 Å². The molecule has 182 valence electrons. The molecule has 0 saturated carbocycles. The quantitative estimate of drug-likeness (QED) is 0.494. The number of aryl methyl sites for hydroxylation is 1. The Labute approximate surface area is 200 Å². The second-order valence-corrected chi connectivity index (χ2v) is 8.87. The SMILES string of the molecule is COC[C@@H](CNc1cc(C#N)c(C(=O)OC)c(Nc2cccc(C)c2)n1)CC(=O)OC(C)(C)C. The van der Waals surface area contributed by atoms with Crippen LogP contribution in [0.5, 0.6) is 0 Å². The lowest BCUT2D eigenvalue weighted by atomic mass is 10.1. The van der Waals surface area contributed by atoms with Crippen LogP contribution >= 0.6 is 0 Å². The number of esters is 2. The van der Waals surface area contributed by atoms with Crippen LogP contribution in [0.25, 0.3) is 0 Å². The maximum absolute atomic E-state index is 12.4. The van der Waals surface area contributed by atoms with Crippen LogP contribution in [-0.4, -0.2) is 49.9 Å². The van der Waals surface area contributed by atoms with Crippen molar-refractivity contribution in [2.45, 2.75) is 39.7 Å². The van der Waals surface area contributed by atoms with Crippen LogP contribution in [0.2, 0.25) is 0 Å². The molecule has 0 amide bonds. The van der Waals surface area contributed by atoms with Gasteiger partial charge < -0.3 is 24.8 Å². The predicted octanol–water partition coefficient (Wildman–Crippen LogP) is 4.20. The highest BCUT2D eigenvalue weighted by molar-refractivity contribution is 5.98. The Morgan fingerprint density at radius 1 is 1.21 bits per heavy atom. The molecule has 0 aliphatic heterocycles. The largest absolute Gasteiger partial charge is 0.465 e. The molecular weight excluding hydrogens is 436 g/mol. The fourth-order valence-corrected chi connectivity index (χ4v) is 3.28. The first kappa shape index (κ1) is 26.6. The minimum atomic E-state index is -0.673. The molecule has 2 rings (SSSR count). The highest BCUT2D eigenvalue weighted by Crippen LogP contribution is 2.26. The second kappa shape index (κ2) is 12.0. The lowest BCUT2D eigenvalue weighted by Gasteiger charge is -2.22. The van der Waals surface area contributed by atoms with Gasteiger partial charge in [0.05, 0.1) is 25.7 Å². The summed E-state index contributed by atoms with van der Waals surface area (Å²) < 4.78 is 15.5. The number of nitrogens with zero attached hydrogens (tertiary/aromatic N) is 2. The van der Waals surface area contributed by atoms with Crippen molar-refractivity contribution >= 4 is 29.3 Å². The zero-order chi connectivity index (χ0) is 25.3. The first-order chi connectivity index (χ1) is 16.1. The Hall–Kier alpha value is -3.64. The molecule has 0 fully saturated rings. The Morgan fingerprint density at radius 3 is 2.53 bits per heavy atom. The average Bonchev–Trinajstić information content (AvgIpc) is 2.75. The van der Waals surface area contributed by atoms with Crippen molar-refractivity contribution in [3.63, 3.8) is 0 Å². The van der Waals surface area contributed by atoms with Crippen molar-refractivity contribution in [3.8, 4) is 6.07 Å². The summed E-state index contributed by atoms with van der Waals surface area (Å²) in [4.78, 5) is 29.2. The van der Waals surface area contributed by atoms with Gasteiger partial charge in [0.2, 0.25) is 0 Å². The number of nitriles is 1. The van der Waals surface area contributed by atoms with E-state index < -0.39 is 11.6 Å². The molecule has 1 atom stereocenters. The van der Waals surface area contributed by atoms with Gasteiger partial charge in [-0.2, -0.15) is 5.26 Å². The first-order valence-corrected chi connectivity index (χ1v) is 10.9. The third kappa shape index (κ3) is 8.05. The molecule has 1 heterocycles. The van der Waals surface area contributed by atoms with E-state index in [0.29, 0.717) is 24.7 Å². The topological polar surface area (TPSA) is 123 Å². The van der Waals surface area contributed by atoms with Crippen molar-refractivity contribution in [2.24, 2.45) is 5.92 Å². The number of benzene rings is 1. The van der Waals surface area contributed by atoms with Gasteiger partial charge >= 0.3 is 11.9 Å². The van der Waals surface area contributed by atoms with E-state index in [-0.39, 0.29) is 35.3 Å². The average molecular weight is 469 g/mol. The number of hydrogen-bond donors (Lipinski definition) is 2. The van der Waals surface area contributed by atoms with E-state index in [4.69, 9.17) is 14.2 Å². The normalized spacial score (nSPS) is 11.8. The standard InChI is InChI=1S/C25H32N4O5/c1-16-8-7-9-19(10-16)28-23-22(24(31)33-6)18(13-26)12-20(29-23)27-14-17(15-32-5)11-21(30)34-25(2,3)4/h7-10,12,17H,11,14-15H2,1-6H3,(H2,27,28,29)/t17-/m1/s1. The minimum Gasteiger partial charge on any atom is -0.465 e. The molecule has 9 heteroatoms. The lowest BCUT2D eigenvalue weighted by Crippen LogP contribution is -2.28. The third-order valence-electron chi connectivity index (χ3n) is 4.66. The van der Waals surface area contributed by atoms with E-state index in [1.807, 2.05) is 58.0 Å². The van der Waals surface area contributed by atoms with Gasteiger partial charge in [-0.25, -0.2) is 9.78 Å². The fourth-order valence-electron chi connectivity index (χ4n) is 3.28. The molecular formula is C25H32N4O5. The molecule has 0 saturated heterocycles. The van der Waals surface area contributed by atoms with Gasteiger partial charge in [0.1, 0.15) is 28.9 Å². The summed E-state index contributed by atoms with van der Waals surface area (Å²) in [6.07, 6.45) is 0.151. The van der Waals surface area contributed by atoms with Crippen molar-refractivity contribution in [1.82, 2.24) is 4.98 Å². The Morgan fingerprint density at radius 2 is 1.94 bits per heavy atom. The molecule has 34 heavy (non-hydrogen) atoms. The Bertz CT molecular complexity index is 1060. The van der Waals surface area contributed by atoms with E-state index in [1.165, 1.54) is 13.2 Å². The smallest absolute Gasteiger partial charge is 0.343 e. The number of anilines is 3. The zero-order valence-corrected chi connectivity index (χ0v) is 20.5. The molecule has 0 aliphatic rings. The third-order valence-corrected chi connectivity index (χ3v) is 4.66. The van der Waals surface area contributed by atoms with Crippen molar-refractivity contribution in [3.05, 3.63) is 47.0 Å². The molecule has 0 radical (unpaired) electrons. The van der Waals surface area contributed by atoms with Crippen LogP contribution in [0.1, 0.15) is 48.7 Å². The number of rotatable bonds is 10. The number of nitrogens with one attached hydrogen (secondary N) is 2. The van der Waals surface area contributed by atoms with Gasteiger partial charge in [0, 0.05) is 25.3 Å². The van der Waals surface area contributed by atoms with Crippen molar-refractivity contribution in [2.75, 3.05) is 38.0 Å². The summed E-state index contributed by atoms with van der Waals surface area (Å²) >= 11 is 0. The monoisotopic (exact) mass is 468 g/mol.